The second-order valence-electron chi connectivity index (χ2n) is 4.95. The van der Waals surface area contributed by atoms with Gasteiger partial charge < -0.3 is 10.1 Å². The Morgan fingerprint density at radius 2 is 2.10 bits per heavy atom. The number of nitro benzene ring substituents is 1. The number of para-hydroxylation sites is 1. The molecule has 0 spiro atoms. The minimum atomic E-state index is -0.913. The smallest absolute Gasteiger partial charge is 0.328 e. The Labute approximate surface area is 121 Å². The van der Waals surface area contributed by atoms with Gasteiger partial charge in [0, 0.05) is 24.0 Å². The van der Waals surface area contributed by atoms with Crippen LogP contribution in [0.1, 0.15) is 18.4 Å². The van der Waals surface area contributed by atoms with Crippen LogP contribution in [0.4, 0.5) is 5.69 Å². The first-order chi connectivity index (χ1) is 10.0. The SMILES string of the molecule is COC(=O)[C@H](Cc1ccccc1[N+](=O)[O-])NC(=O)C1CC1. The first-order valence-corrected chi connectivity index (χ1v) is 6.63. The van der Waals surface area contributed by atoms with E-state index in [-0.39, 0.29) is 23.9 Å². The predicted octanol–water partition coefficient (Wildman–Crippen LogP) is 1.21. The van der Waals surface area contributed by atoms with Gasteiger partial charge in [-0.15, -0.1) is 0 Å². The molecule has 1 aliphatic carbocycles. The zero-order valence-corrected chi connectivity index (χ0v) is 11.6. The second-order valence-corrected chi connectivity index (χ2v) is 4.95. The van der Waals surface area contributed by atoms with Gasteiger partial charge in [0.15, 0.2) is 0 Å². The number of benzene rings is 1. The lowest BCUT2D eigenvalue weighted by Gasteiger charge is -2.16. The highest BCUT2D eigenvalue weighted by Crippen LogP contribution is 2.29. The normalized spacial score (nSPS) is 15.1. The van der Waals surface area contributed by atoms with Crippen LogP contribution in [-0.2, 0) is 20.7 Å². The molecule has 1 aliphatic rings. The third-order valence-corrected chi connectivity index (χ3v) is 3.36. The quantitative estimate of drug-likeness (QED) is 0.482. The lowest BCUT2D eigenvalue weighted by molar-refractivity contribution is -0.385. The van der Waals surface area contributed by atoms with Crippen LogP contribution in [0.15, 0.2) is 24.3 Å². The largest absolute Gasteiger partial charge is 0.467 e. The average molecular weight is 292 g/mol. The van der Waals surface area contributed by atoms with E-state index < -0.39 is 16.9 Å². The van der Waals surface area contributed by atoms with Crippen LogP contribution in [0.25, 0.3) is 0 Å². The molecule has 1 saturated carbocycles. The molecule has 0 radical (unpaired) electrons. The Kier molecular flexibility index (Phi) is 4.52. The fourth-order valence-electron chi connectivity index (χ4n) is 2.05. The van der Waals surface area contributed by atoms with E-state index in [9.17, 15) is 19.7 Å². The first-order valence-electron chi connectivity index (χ1n) is 6.63. The van der Waals surface area contributed by atoms with E-state index >= 15 is 0 Å². The number of nitro groups is 1. The zero-order chi connectivity index (χ0) is 15.4. The maximum atomic E-state index is 11.8. The molecule has 1 aromatic rings. The number of carbonyl (C=O) groups is 2. The molecule has 7 nitrogen and oxygen atoms in total. The Hall–Kier alpha value is -2.44. The summed E-state index contributed by atoms with van der Waals surface area (Å²) in [5.74, 6) is -0.867. The summed E-state index contributed by atoms with van der Waals surface area (Å²) in [7, 11) is 1.22. The van der Waals surface area contributed by atoms with E-state index in [1.54, 1.807) is 18.2 Å². The van der Waals surface area contributed by atoms with Gasteiger partial charge in [-0.1, -0.05) is 18.2 Å². The monoisotopic (exact) mass is 292 g/mol. The van der Waals surface area contributed by atoms with Crippen molar-refractivity contribution in [3.63, 3.8) is 0 Å². The highest BCUT2D eigenvalue weighted by Gasteiger charge is 2.33. The van der Waals surface area contributed by atoms with Crippen LogP contribution in [0.3, 0.4) is 0 Å². The van der Waals surface area contributed by atoms with Gasteiger partial charge in [0.1, 0.15) is 6.04 Å². The van der Waals surface area contributed by atoms with Crippen molar-refractivity contribution in [3.05, 3.63) is 39.9 Å². The van der Waals surface area contributed by atoms with Crippen molar-refractivity contribution in [1.29, 1.82) is 0 Å². The van der Waals surface area contributed by atoms with Crippen molar-refractivity contribution in [3.8, 4) is 0 Å². The summed E-state index contributed by atoms with van der Waals surface area (Å²) in [4.78, 5) is 34.0. The highest BCUT2D eigenvalue weighted by atomic mass is 16.6. The topological polar surface area (TPSA) is 98.5 Å². The molecule has 1 atom stereocenters. The number of rotatable bonds is 6. The molecule has 7 heteroatoms. The Balaban J connectivity index is 2.16. The molecule has 112 valence electrons. The van der Waals surface area contributed by atoms with Crippen LogP contribution in [-0.4, -0.2) is 30.0 Å². The van der Waals surface area contributed by atoms with Gasteiger partial charge in [-0.3, -0.25) is 14.9 Å². The number of amides is 1. The van der Waals surface area contributed by atoms with Crippen LogP contribution in [0.2, 0.25) is 0 Å². The standard InChI is InChI=1S/C14H16N2O5/c1-21-14(18)11(15-13(17)9-6-7-9)8-10-4-2-3-5-12(10)16(19)20/h2-5,9,11H,6-8H2,1H3,(H,15,17)/t11-/m0/s1. The summed E-state index contributed by atoms with van der Waals surface area (Å²) in [5, 5.41) is 13.6. The molecular formula is C14H16N2O5. The van der Waals surface area contributed by atoms with Crippen molar-refractivity contribution in [1.82, 2.24) is 5.32 Å². The Morgan fingerprint density at radius 3 is 2.67 bits per heavy atom. The van der Waals surface area contributed by atoms with Crippen LogP contribution >= 0.6 is 0 Å². The van der Waals surface area contributed by atoms with Crippen LogP contribution in [0.5, 0.6) is 0 Å². The van der Waals surface area contributed by atoms with Gasteiger partial charge >= 0.3 is 5.97 Å². The maximum absolute atomic E-state index is 11.8. The molecular weight excluding hydrogens is 276 g/mol. The molecule has 0 heterocycles. The molecule has 0 unspecified atom stereocenters. The van der Waals surface area contributed by atoms with Gasteiger partial charge in [-0.25, -0.2) is 4.79 Å². The molecule has 0 saturated heterocycles. The molecule has 1 fully saturated rings. The molecule has 0 aliphatic heterocycles. The number of nitrogens with zero attached hydrogens (tertiary/aromatic N) is 1. The fraction of sp³-hybridized carbons (Fsp3) is 0.429. The number of methoxy groups -OCH3 is 1. The van der Waals surface area contributed by atoms with E-state index in [1.807, 2.05) is 0 Å². The zero-order valence-electron chi connectivity index (χ0n) is 11.6. The van der Waals surface area contributed by atoms with Crippen molar-refractivity contribution in [2.75, 3.05) is 7.11 Å². The summed E-state index contributed by atoms with van der Waals surface area (Å²) in [5.41, 5.74) is 0.307. The van der Waals surface area contributed by atoms with Crippen LogP contribution in [0, 0.1) is 16.0 Å². The molecule has 0 aromatic heterocycles. The summed E-state index contributed by atoms with van der Waals surface area (Å²) in [6, 6.07) is 5.23. The predicted molar refractivity (Wildman–Crippen MR) is 73.5 cm³/mol. The van der Waals surface area contributed by atoms with Gasteiger partial charge in [-0.2, -0.15) is 0 Å². The number of nitrogens with one attached hydrogen (secondary N) is 1. The molecule has 0 bridgehead atoms. The third-order valence-electron chi connectivity index (χ3n) is 3.36. The summed E-state index contributed by atoms with van der Waals surface area (Å²) in [6.45, 7) is 0. The summed E-state index contributed by atoms with van der Waals surface area (Å²) in [6.07, 6.45) is 1.65. The van der Waals surface area contributed by atoms with Gasteiger partial charge in [-0.05, 0) is 12.8 Å². The van der Waals surface area contributed by atoms with E-state index in [4.69, 9.17) is 0 Å². The lowest BCUT2D eigenvalue weighted by Crippen LogP contribution is -2.43. The Morgan fingerprint density at radius 1 is 1.43 bits per heavy atom. The van der Waals surface area contributed by atoms with Crippen molar-refractivity contribution in [2.24, 2.45) is 5.92 Å². The van der Waals surface area contributed by atoms with Gasteiger partial charge in [0.05, 0.1) is 12.0 Å². The van der Waals surface area contributed by atoms with E-state index in [1.165, 1.54) is 13.2 Å². The number of esters is 1. The minimum absolute atomic E-state index is 0.0300. The molecule has 1 N–H and O–H groups in total. The van der Waals surface area contributed by atoms with Crippen molar-refractivity contribution in [2.45, 2.75) is 25.3 Å². The fourth-order valence-corrected chi connectivity index (χ4v) is 2.05. The van der Waals surface area contributed by atoms with Crippen molar-refractivity contribution >= 4 is 17.6 Å². The molecule has 1 aromatic carbocycles. The van der Waals surface area contributed by atoms with Crippen molar-refractivity contribution < 1.29 is 19.2 Å². The average Bonchev–Trinajstić information content (AvgIpc) is 3.30. The maximum Gasteiger partial charge on any atom is 0.328 e. The molecule has 21 heavy (non-hydrogen) atoms. The number of hydrogen-bond acceptors (Lipinski definition) is 5. The van der Waals surface area contributed by atoms with Gasteiger partial charge in [0.2, 0.25) is 5.91 Å². The second kappa shape index (κ2) is 6.34. The Bertz CT molecular complexity index is 568. The van der Waals surface area contributed by atoms with Crippen LogP contribution < -0.4 is 5.32 Å². The summed E-state index contributed by atoms with van der Waals surface area (Å²) >= 11 is 0. The van der Waals surface area contributed by atoms with E-state index in [0.29, 0.717) is 5.56 Å². The van der Waals surface area contributed by atoms with E-state index in [2.05, 4.69) is 10.1 Å². The molecule has 2 rings (SSSR count). The number of hydrogen-bond donors (Lipinski definition) is 1. The van der Waals surface area contributed by atoms with E-state index in [0.717, 1.165) is 12.8 Å². The third kappa shape index (κ3) is 3.77. The lowest BCUT2D eigenvalue weighted by atomic mass is 10.0. The highest BCUT2D eigenvalue weighted by molar-refractivity contribution is 5.87. The summed E-state index contributed by atoms with van der Waals surface area (Å²) < 4.78 is 4.66. The molecule has 1 amide bonds. The number of carbonyl (C=O) groups excluding carboxylic acids is 2. The number of ether oxygens (including phenoxy) is 1. The first kappa shape index (κ1) is 15.0. The van der Waals surface area contributed by atoms with Gasteiger partial charge in [0.25, 0.3) is 5.69 Å². The minimum Gasteiger partial charge on any atom is -0.467 e.